The largest absolute Gasteiger partial charge is 0.463 e. The Labute approximate surface area is 62.3 Å². The van der Waals surface area contributed by atoms with Crippen LogP contribution in [0.3, 0.4) is 0 Å². The lowest BCUT2D eigenvalue weighted by Gasteiger charge is -1.91. The molecule has 0 radical (unpaired) electrons. The minimum absolute atomic E-state index is 0.111. The molecule has 5 heteroatoms. The van der Waals surface area contributed by atoms with E-state index in [0.717, 1.165) is 0 Å². The summed E-state index contributed by atoms with van der Waals surface area (Å²) in [6.07, 6.45) is 1.38. The van der Waals surface area contributed by atoms with Gasteiger partial charge in [0.05, 0.1) is 6.26 Å². The highest BCUT2D eigenvalue weighted by Gasteiger charge is 2.09. The zero-order chi connectivity index (χ0) is 8.27. The molecule has 0 saturated carbocycles. The van der Waals surface area contributed by atoms with Gasteiger partial charge in [0.25, 0.3) is 0 Å². The number of nitrogens with one attached hydrogen (secondary N) is 1. The van der Waals surface area contributed by atoms with Crippen LogP contribution in [-0.4, -0.2) is 17.2 Å². The molecular weight excluding hydrogens is 148 g/mol. The minimum Gasteiger partial charge on any atom is -0.463 e. The van der Waals surface area contributed by atoms with Crippen LogP contribution in [0.1, 0.15) is 5.76 Å². The van der Waals surface area contributed by atoms with Crippen molar-refractivity contribution in [2.24, 2.45) is 0 Å². The van der Waals surface area contributed by atoms with Crippen molar-refractivity contribution in [3.63, 3.8) is 0 Å². The molecule has 0 aliphatic rings. The second-order valence-electron chi connectivity index (χ2n) is 1.95. The van der Waals surface area contributed by atoms with Crippen molar-refractivity contribution in [3.8, 4) is 0 Å². The van der Waals surface area contributed by atoms with E-state index in [-0.39, 0.29) is 11.5 Å². The summed E-state index contributed by atoms with van der Waals surface area (Å²) in [5.74, 6) is 0.252. The van der Waals surface area contributed by atoms with E-state index in [9.17, 15) is 10.1 Å². The summed E-state index contributed by atoms with van der Waals surface area (Å²) in [4.78, 5) is 9.36. The maximum absolute atomic E-state index is 9.93. The third-order valence-corrected chi connectivity index (χ3v) is 1.11. The molecule has 0 spiro atoms. The fourth-order valence-electron chi connectivity index (χ4n) is 0.657. The maximum atomic E-state index is 9.93. The third-order valence-electron chi connectivity index (χ3n) is 1.11. The number of hydrogen-bond donors (Lipinski definition) is 1. The normalized spacial score (nSPS) is 9.45. The first-order valence-electron chi connectivity index (χ1n) is 2.93. The van der Waals surface area contributed by atoms with Crippen LogP contribution >= 0.6 is 0 Å². The average molecular weight is 154 g/mol. The quantitative estimate of drug-likeness (QED) is 0.399. The number of hydrogen-bond acceptors (Lipinski definition) is 4. The molecule has 0 aliphatic carbocycles. The van der Waals surface area contributed by atoms with Crippen molar-refractivity contribution >= 4 is 5.71 Å². The summed E-state index contributed by atoms with van der Waals surface area (Å²) in [6.45, 7) is -0.493. The first kappa shape index (κ1) is 7.46. The van der Waals surface area contributed by atoms with E-state index in [0.29, 0.717) is 0 Å². The molecule has 0 atom stereocenters. The molecule has 0 aromatic carbocycles. The topological polar surface area (TPSA) is 80.1 Å². The molecule has 1 rings (SSSR count). The van der Waals surface area contributed by atoms with Crippen LogP contribution in [-0.2, 0) is 0 Å². The lowest BCUT2D eigenvalue weighted by atomic mass is 10.3. The second kappa shape index (κ2) is 2.96. The van der Waals surface area contributed by atoms with Crippen molar-refractivity contribution in [1.29, 1.82) is 5.41 Å². The Bertz CT molecular complexity index is 265. The first-order chi connectivity index (χ1) is 5.20. The Morgan fingerprint density at radius 3 is 3.00 bits per heavy atom. The van der Waals surface area contributed by atoms with Gasteiger partial charge in [-0.05, 0) is 12.1 Å². The highest BCUT2D eigenvalue weighted by molar-refractivity contribution is 5.96. The van der Waals surface area contributed by atoms with Gasteiger partial charge in [0, 0.05) is 4.92 Å². The molecule has 0 unspecified atom stereocenters. The summed E-state index contributed by atoms with van der Waals surface area (Å²) in [5.41, 5.74) is -0.111. The first-order valence-corrected chi connectivity index (χ1v) is 2.93. The maximum Gasteiger partial charge on any atom is 0.248 e. The third kappa shape index (κ3) is 1.89. The standard InChI is InChI=1S/C6H6N2O3/c7-5(4-8(9)10)6-2-1-3-11-6/h1-3,7H,4H2. The van der Waals surface area contributed by atoms with Crippen molar-refractivity contribution in [1.82, 2.24) is 0 Å². The van der Waals surface area contributed by atoms with E-state index in [1.807, 2.05) is 0 Å². The number of rotatable bonds is 3. The summed E-state index contributed by atoms with van der Waals surface area (Å²) < 4.78 is 4.77. The zero-order valence-corrected chi connectivity index (χ0v) is 5.61. The van der Waals surface area contributed by atoms with Crippen LogP contribution in [0.2, 0.25) is 0 Å². The molecule has 1 N–H and O–H groups in total. The van der Waals surface area contributed by atoms with Gasteiger partial charge in [-0.2, -0.15) is 0 Å². The van der Waals surface area contributed by atoms with Crippen LogP contribution in [0, 0.1) is 15.5 Å². The SMILES string of the molecule is N=C(C[N+](=O)[O-])c1ccco1. The molecule has 0 amide bonds. The van der Waals surface area contributed by atoms with Gasteiger partial charge in [0.1, 0.15) is 5.71 Å². The molecule has 0 aliphatic heterocycles. The zero-order valence-electron chi connectivity index (χ0n) is 5.61. The molecule has 5 nitrogen and oxygen atoms in total. The van der Waals surface area contributed by atoms with E-state index < -0.39 is 11.5 Å². The van der Waals surface area contributed by atoms with Crippen molar-refractivity contribution in [2.45, 2.75) is 0 Å². The number of nitrogens with zero attached hydrogens (tertiary/aromatic N) is 1. The van der Waals surface area contributed by atoms with Crippen molar-refractivity contribution < 1.29 is 9.34 Å². The van der Waals surface area contributed by atoms with Gasteiger partial charge >= 0.3 is 0 Å². The van der Waals surface area contributed by atoms with Crippen molar-refractivity contribution in [2.75, 3.05) is 6.54 Å². The predicted octanol–water partition coefficient (Wildman–Crippen LogP) is 0.924. The molecule has 58 valence electrons. The Kier molecular flexibility index (Phi) is 2.00. The molecule has 1 heterocycles. The lowest BCUT2D eigenvalue weighted by Crippen LogP contribution is -2.12. The second-order valence-corrected chi connectivity index (χ2v) is 1.95. The number of nitro groups is 1. The van der Waals surface area contributed by atoms with Gasteiger partial charge in [-0.1, -0.05) is 0 Å². The van der Waals surface area contributed by atoms with Gasteiger partial charge in [-0.25, -0.2) is 0 Å². The van der Waals surface area contributed by atoms with Gasteiger partial charge in [-0.3, -0.25) is 15.5 Å². The van der Waals surface area contributed by atoms with Crippen LogP contribution in [0.5, 0.6) is 0 Å². The predicted molar refractivity (Wildman–Crippen MR) is 37.4 cm³/mol. The molecule has 0 fully saturated rings. The van der Waals surface area contributed by atoms with Gasteiger partial charge < -0.3 is 4.42 Å². The van der Waals surface area contributed by atoms with Crippen molar-refractivity contribution in [3.05, 3.63) is 34.3 Å². The average Bonchev–Trinajstić information content (AvgIpc) is 2.35. The molecule has 1 aromatic heterocycles. The minimum atomic E-state index is -0.565. The summed E-state index contributed by atoms with van der Waals surface area (Å²) >= 11 is 0. The Morgan fingerprint density at radius 1 is 1.82 bits per heavy atom. The highest BCUT2D eigenvalue weighted by Crippen LogP contribution is 2.00. The van der Waals surface area contributed by atoms with E-state index >= 15 is 0 Å². The number of furan rings is 1. The van der Waals surface area contributed by atoms with Crippen LogP contribution in [0.15, 0.2) is 22.8 Å². The fraction of sp³-hybridized carbons (Fsp3) is 0.167. The van der Waals surface area contributed by atoms with E-state index in [1.54, 1.807) is 6.07 Å². The smallest absolute Gasteiger partial charge is 0.248 e. The molecule has 11 heavy (non-hydrogen) atoms. The summed E-state index contributed by atoms with van der Waals surface area (Å²) in [5, 5.41) is 17.1. The van der Waals surface area contributed by atoms with Crippen LogP contribution in [0.25, 0.3) is 0 Å². The summed E-state index contributed by atoms with van der Waals surface area (Å²) in [6, 6.07) is 3.11. The Hall–Kier alpha value is -1.65. The van der Waals surface area contributed by atoms with E-state index in [2.05, 4.69) is 0 Å². The van der Waals surface area contributed by atoms with E-state index in [1.165, 1.54) is 12.3 Å². The van der Waals surface area contributed by atoms with Gasteiger partial charge in [0.15, 0.2) is 5.76 Å². The highest BCUT2D eigenvalue weighted by atomic mass is 16.6. The Morgan fingerprint density at radius 2 is 2.55 bits per heavy atom. The molecular formula is C6H6N2O3. The molecule has 1 aromatic rings. The Balaban J connectivity index is 2.64. The summed E-state index contributed by atoms with van der Waals surface area (Å²) in [7, 11) is 0. The monoisotopic (exact) mass is 154 g/mol. The van der Waals surface area contributed by atoms with Gasteiger partial charge in [0.2, 0.25) is 6.54 Å². The van der Waals surface area contributed by atoms with Crippen LogP contribution in [0.4, 0.5) is 0 Å². The lowest BCUT2D eigenvalue weighted by molar-refractivity contribution is -0.463. The van der Waals surface area contributed by atoms with Crippen LogP contribution < -0.4 is 0 Å². The molecule has 0 saturated heterocycles. The van der Waals surface area contributed by atoms with E-state index in [4.69, 9.17) is 9.83 Å². The fourth-order valence-corrected chi connectivity index (χ4v) is 0.657. The van der Waals surface area contributed by atoms with Gasteiger partial charge in [-0.15, -0.1) is 0 Å². The molecule has 0 bridgehead atoms.